The first-order valence-electron chi connectivity index (χ1n) is 10.7. The molecule has 0 aromatic heterocycles. The summed E-state index contributed by atoms with van der Waals surface area (Å²) in [6.45, 7) is 7.41. The van der Waals surface area contributed by atoms with Crippen molar-refractivity contribution in [1.82, 2.24) is 9.80 Å². The fourth-order valence-electron chi connectivity index (χ4n) is 3.84. The predicted molar refractivity (Wildman–Crippen MR) is 122 cm³/mol. The number of fused-ring (bicyclic) bond motifs is 1. The van der Waals surface area contributed by atoms with Crippen LogP contribution in [0.3, 0.4) is 0 Å². The summed E-state index contributed by atoms with van der Waals surface area (Å²) in [4.78, 5) is 28.3. The number of urea groups is 1. The molecule has 31 heavy (non-hydrogen) atoms. The Balaban J connectivity index is 1.33. The highest BCUT2D eigenvalue weighted by Crippen LogP contribution is 2.28. The first-order valence-corrected chi connectivity index (χ1v) is 10.7. The Morgan fingerprint density at radius 2 is 1.84 bits per heavy atom. The van der Waals surface area contributed by atoms with Gasteiger partial charge in [0.1, 0.15) is 5.60 Å². The Bertz CT molecular complexity index is 994. The third-order valence-electron chi connectivity index (χ3n) is 5.46. The second-order valence-corrected chi connectivity index (χ2v) is 9.02. The first kappa shape index (κ1) is 21.0. The molecule has 162 valence electrons. The average Bonchev–Trinajstić information content (AvgIpc) is 3.18. The van der Waals surface area contributed by atoms with Gasteiger partial charge in [0, 0.05) is 25.0 Å². The lowest BCUT2D eigenvalue weighted by atomic mass is 9.99. The van der Waals surface area contributed by atoms with E-state index in [4.69, 9.17) is 4.74 Å². The van der Waals surface area contributed by atoms with E-state index in [1.807, 2.05) is 57.3 Å². The SMILES string of the molecule is CC(C)(C)OC(=O)N1CC=C(c2ccc(NC(=O)N3C=C4CC=CC=C4C3)cc2)CC1. The Morgan fingerprint density at radius 1 is 1.06 bits per heavy atom. The molecule has 0 fully saturated rings. The van der Waals surface area contributed by atoms with Crippen LogP contribution < -0.4 is 5.32 Å². The number of benzene rings is 1. The van der Waals surface area contributed by atoms with Crippen molar-refractivity contribution in [2.45, 2.75) is 39.2 Å². The molecule has 1 N–H and O–H groups in total. The molecule has 6 heteroatoms. The van der Waals surface area contributed by atoms with Gasteiger partial charge in [0.2, 0.25) is 0 Å². The minimum Gasteiger partial charge on any atom is -0.444 e. The maximum Gasteiger partial charge on any atom is 0.410 e. The number of rotatable bonds is 2. The van der Waals surface area contributed by atoms with Gasteiger partial charge in [0.25, 0.3) is 0 Å². The van der Waals surface area contributed by atoms with Gasteiger partial charge in [-0.25, -0.2) is 9.59 Å². The van der Waals surface area contributed by atoms with E-state index in [9.17, 15) is 9.59 Å². The van der Waals surface area contributed by atoms with Gasteiger partial charge in [-0.3, -0.25) is 4.90 Å². The Hall–Kier alpha value is -3.28. The Kier molecular flexibility index (Phi) is 5.72. The smallest absolute Gasteiger partial charge is 0.410 e. The van der Waals surface area contributed by atoms with Crippen LogP contribution in [0.15, 0.2) is 65.9 Å². The number of ether oxygens (including phenoxy) is 1. The zero-order valence-electron chi connectivity index (χ0n) is 18.4. The van der Waals surface area contributed by atoms with Crippen LogP contribution in [0.4, 0.5) is 15.3 Å². The third-order valence-corrected chi connectivity index (χ3v) is 5.46. The molecule has 1 aromatic carbocycles. The normalized spacial score (nSPS) is 18.1. The minimum absolute atomic E-state index is 0.125. The van der Waals surface area contributed by atoms with Crippen LogP contribution in [0.25, 0.3) is 5.57 Å². The summed E-state index contributed by atoms with van der Waals surface area (Å²) < 4.78 is 5.45. The quantitative estimate of drug-likeness (QED) is 0.705. The van der Waals surface area contributed by atoms with Crippen molar-refractivity contribution >= 4 is 23.4 Å². The van der Waals surface area contributed by atoms with Gasteiger partial charge >= 0.3 is 12.1 Å². The number of carbonyl (C=O) groups is 2. The van der Waals surface area contributed by atoms with Crippen LogP contribution in [-0.2, 0) is 4.74 Å². The number of nitrogens with one attached hydrogen (secondary N) is 1. The lowest BCUT2D eigenvalue weighted by Gasteiger charge is -2.29. The zero-order valence-corrected chi connectivity index (χ0v) is 18.4. The van der Waals surface area contributed by atoms with Gasteiger partial charge < -0.3 is 15.0 Å². The molecule has 2 aliphatic heterocycles. The van der Waals surface area contributed by atoms with E-state index in [0.29, 0.717) is 19.6 Å². The molecule has 0 saturated carbocycles. The Morgan fingerprint density at radius 3 is 2.48 bits per heavy atom. The van der Waals surface area contributed by atoms with Gasteiger partial charge in [-0.05, 0) is 68.0 Å². The summed E-state index contributed by atoms with van der Waals surface area (Å²) in [6, 6.07) is 7.75. The van der Waals surface area contributed by atoms with Gasteiger partial charge in [-0.1, -0.05) is 36.4 Å². The molecule has 0 spiro atoms. The van der Waals surface area contributed by atoms with Gasteiger partial charge in [-0.15, -0.1) is 0 Å². The largest absolute Gasteiger partial charge is 0.444 e. The summed E-state index contributed by atoms with van der Waals surface area (Å²) in [5.41, 5.74) is 4.99. The van der Waals surface area contributed by atoms with Crippen molar-refractivity contribution in [2.75, 3.05) is 25.0 Å². The summed E-state index contributed by atoms with van der Waals surface area (Å²) in [6.07, 6.45) is 11.6. The zero-order chi connectivity index (χ0) is 22.0. The van der Waals surface area contributed by atoms with E-state index in [0.717, 1.165) is 24.1 Å². The topological polar surface area (TPSA) is 61.9 Å². The second kappa shape index (κ2) is 8.46. The van der Waals surface area contributed by atoms with Crippen molar-refractivity contribution in [3.8, 4) is 0 Å². The van der Waals surface area contributed by atoms with Crippen molar-refractivity contribution in [2.24, 2.45) is 0 Å². The highest BCUT2D eigenvalue weighted by Gasteiger charge is 2.25. The van der Waals surface area contributed by atoms with Crippen LogP contribution in [0.2, 0.25) is 0 Å². The number of anilines is 1. The molecule has 1 aromatic rings. The fourth-order valence-corrected chi connectivity index (χ4v) is 3.84. The van der Waals surface area contributed by atoms with Crippen molar-refractivity contribution < 1.29 is 14.3 Å². The van der Waals surface area contributed by atoms with Crippen LogP contribution in [0, 0.1) is 0 Å². The first-order chi connectivity index (χ1) is 14.8. The third kappa shape index (κ3) is 5.08. The van der Waals surface area contributed by atoms with Gasteiger partial charge in [0.15, 0.2) is 0 Å². The summed E-state index contributed by atoms with van der Waals surface area (Å²) in [5, 5.41) is 2.97. The van der Waals surface area contributed by atoms with E-state index >= 15 is 0 Å². The molecule has 0 bridgehead atoms. The summed E-state index contributed by atoms with van der Waals surface area (Å²) >= 11 is 0. The highest BCUT2D eigenvalue weighted by atomic mass is 16.6. The van der Waals surface area contributed by atoms with Crippen LogP contribution >= 0.6 is 0 Å². The van der Waals surface area contributed by atoms with E-state index in [1.165, 1.54) is 16.7 Å². The average molecular weight is 420 g/mol. The lowest BCUT2D eigenvalue weighted by molar-refractivity contribution is 0.0270. The molecule has 0 unspecified atom stereocenters. The Labute approximate surface area is 183 Å². The van der Waals surface area contributed by atoms with Gasteiger partial charge in [0.05, 0.1) is 6.54 Å². The molecular formula is C25H29N3O3. The van der Waals surface area contributed by atoms with Crippen molar-refractivity contribution in [3.63, 3.8) is 0 Å². The molecule has 3 aliphatic rings. The maximum atomic E-state index is 12.6. The van der Waals surface area contributed by atoms with E-state index in [-0.39, 0.29) is 12.1 Å². The van der Waals surface area contributed by atoms with E-state index in [1.54, 1.807) is 9.80 Å². The van der Waals surface area contributed by atoms with Crippen LogP contribution in [0.1, 0.15) is 39.2 Å². The molecule has 3 amide bonds. The summed E-state index contributed by atoms with van der Waals surface area (Å²) in [5.74, 6) is 0. The van der Waals surface area contributed by atoms with Crippen LogP contribution in [-0.4, -0.2) is 47.2 Å². The number of amides is 3. The molecule has 6 nitrogen and oxygen atoms in total. The molecule has 0 atom stereocenters. The molecule has 1 aliphatic carbocycles. The number of carbonyl (C=O) groups excluding carboxylic acids is 2. The molecule has 2 heterocycles. The van der Waals surface area contributed by atoms with E-state index < -0.39 is 5.60 Å². The minimum atomic E-state index is -0.487. The lowest BCUT2D eigenvalue weighted by Crippen LogP contribution is -2.39. The number of allylic oxidation sites excluding steroid dienone is 3. The molecule has 0 saturated heterocycles. The molecule has 4 rings (SSSR count). The number of nitrogens with zero attached hydrogens (tertiary/aromatic N) is 2. The van der Waals surface area contributed by atoms with Crippen molar-refractivity contribution in [3.05, 3.63) is 71.5 Å². The highest BCUT2D eigenvalue weighted by molar-refractivity contribution is 5.91. The predicted octanol–water partition coefficient (Wildman–Crippen LogP) is 5.33. The van der Waals surface area contributed by atoms with Crippen molar-refractivity contribution in [1.29, 1.82) is 0 Å². The number of hydrogen-bond donors (Lipinski definition) is 1. The van der Waals surface area contributed by atoms with Crippen LogP contribution in [0.5, 0.6) is 0 Å². The molecular weight excluding hydrogens is 390 g/mol. The maximum absolute atomic E-state index is 12.6. The van der Waals surface area contributed by atoms with E-state index in [2.05, 4.69) is 23.5 Å². The standard InChI is InChI=1S/C25H29N3O3/c1-25(2,3)31-24(30)27-14-12-19(13-15-27)18-8-10-22(11-9-18)26-23(29)28-16-20-6-4-5-7-21(20)17-28/h4-6,8-12,17H,7,13-16H2,1-3H3,(H,26,29). The monoisotopic (exact) mass is 419 g/mol. The fraction of sp³-hybridized carbons (Fsp3) is 0.360. The summed E-state index contributed by atoms with van der Waals surface area (Å²) in [7, 11) is 0. The van der Waals surface area contributed by atoms with Gasteiger partial charge in [-0.2, -0.15) is 0 Å². The molecule has 0 radical (unpaired) electrons. The number of hydrogen-bond acceptors (Lipinski definition) is 3. The second-order valence-electron chi connectivity index (χ2n) is 9.02.